The van der Waals surface area contributed by atoms with Crippen molar-refractivity contribution in [2.24, 2.45) is 0 Å². The molecule has 0 aliphatic carbocycles. The van der Waals surface area contributed by atoms with Gasteiger partial charge in [0.15, 0.2) is 6.10 Å². The van der Waals surface area contributed by atoms with Crippen LogP contribution in [0.2, 0.25) is 0 Å². The summed E-state index contributed by atoms with van der Waals surface area (Å²) in [5.41, 5.74) is 2.80. The summed E-state index contributed by atoms with van der Waals surface area (Å²) in [5.74, 6) is -0.782. The molecule has 5 aromatic rings. The van der Waals surface area contributed by atoms with Crippen LogP contribution in [0, 0.1) is 0 Å². The first-order valence-electron chi connectivity index (χ1n) is 15.2. The predicted molar refractivity (Wildman–Crippen MR) is 201 cm³/mol. The molecule has 5 heterocycles. The number of fused-ring (bicyclic) bond motifs is 2. The number of β-lactam (4-membered cyclic amide) rings is 1. The van der Waals surface area contributed by atoms with Gasteiger partial charge in [0.05, 0.1) is 25.9 Å². The fourth-order valence-electron chi connectivity index (χ4n) is 5.63. The zero-order chi connectivity index (χ0) is 33.9. The normalized spacial score (nSPS) is 17.4. The first-order chi connectivity index (χ1) is 23.9. The van der Waals surface area contributed by atoms with E-state index in [2.05, 4.69) is 5.32 Å². The van der Waals surface area contributed by atoms with Gasteiger partial charge in [0.2, 0.25) is 11.3 Å². The van der Waals surface area contributed by atoms with E-state index in [-0.39, 0.29) is 35.2 Å². The number of allylic oxidation sites excluding steroid dienone is 1. The molecule has 0 bridgehead atoms. The molecule has 2 aromatic carbocycles. The first kappa shape index (κ1) is 33.8. The van der Waals surface area contributed by atoms with E-state index < -0.39 is 23.5 Å². The summed E-state index contributed by atoms with van der Waals surface area (Å²) >= 11 is 13.4. The molecule has 7 nitrogen and oxygen atoms in total. The van der Waals surface area contributed by atoms with Gasteiger partial charge >= 0.3 is 5.97 Å². The van der Waals surface area contributed by atoms with Gasteiger partial charge < -0.3 is 10.1 Å². The van der Waals surface area contributed by atoms with Gasteiger partial charge in [-0.25, -0.2) is 4.79 Å². The molecule has 1 fully saturated rings. The summed E-state index contributed by atoms with van der Waals surface area (Å²) in [6, 6.07) is 23.8. The van der Waals surface area contributed by atoms with Crippen LogP contribution in [-0.4, -0.2) is 39.9 Å². The maximum Gasteiger partial charge on any atom is 0.356 e. The molecule has 13 heteroatoms. The predicted octanol–water partition coefficient (Wildman–Crippen LogP) is 7.96. The zero-order valence-electron chi connectivity index (χ0n) is 25.6. The van der Waals surface area contributed by atoms with Crippen molar-refractivity contribution < 1.29 is 19.1 Å². The molecule has 0 radical (unpaired) electrons. The minimum Gasteiger partial charge on any atom is -0.448 e. The molecule has 2 aliphatic heterocycles. The topological polar surface area (TPSA) is 92.8 Å². The van der Waals surface area contributed by atoms with Gasteiger partial charge in [0.25, 0.3) is 5.91 Å². The average Bonchev–Trinajstić information content (AvgIpc) is 3.83. The summed E-state index contributed by atoms with van der Waals surface area (Å²) < 4.78 is 8.61. The molecule has 1 saturated heterocycles. The highest BCUT2D eigenvalue weighted by atomic mass is 35.5. The zero-order valence-corrected chi connectivity index (χ0v) is 30.4. The van der Waals surface area contributed by atoms with Crippen LogP contribution in [0.1, 0.15) is 27.7 Å². The number of carbonyl (C=O) groups excluding carboxylic acids is 3. The number of benzene rings is 2. The number of thiophene rings is 2. The van der Waals surface area contributed by atoms with Crippen LogP contribution >= 0.6 is 69.1 Å². The molecule has 0 saturated carbocycles. The van der Waals surface area contributed by atoms with Crippen molar-refractivity contribution in [3.05, 3.63) is 144 Å². The van der Waals surface area contributed by atoms with E-state index in [0.717, 1.165) is 24.9 Å². The molecule has 248 valence electrons. The Morgan fingerprint density at radius 3 is 2.39 bits per heavy atom. The fourth-order valence-corrected chi connectivity index (χ4v) is 11.3. The van der Waals surface area contributed by atoms with E-state index in [1.807, 2.05) is 95.0 Å². The highest BCUT2D eigenvalue weighted by molar-refractivity contribution is 8.04. The van der Waals surface area contributed by atoms with Crippen molar-refractivity contribution in [3.8, 4) is 0 Å². The summed E-state index contributed by atoms with van der Waals surface area (Å²) in [6.45, 7) is 0. The SMILES string of the molecule is O=C(Cc1cccs1)NC1C(=O)N2C(C(=O)OC(c3ccccc3)c3ccccc3)=C(C=CSc3sc4ccsc4c(=O)c3CCl)CS[C@H]12. The van der Waals surface area contributed by atoms with Crippen LogP contribution in [0.15, 0.2) is 121 Å². The van der Waals surface area contributed by atoms with Gasteiger partial charge in [0, 0.05) is 16.2 Å². The monoisotopic (exact) mass is 762 g/mol. The van der Waals surface area contributed by atoms with Crippen LogP contribution in [0.4, 0.5) is 0 Å². The highest BCUT2D eigenvalue weighted by Crippen LogP contribution is 2.43. The third kappa shape index (κ3) is 7.03. The Morgan fingerprint density at radius 2 is 1.71 bits per heavy atom. The summed E-state index contributed by atoms with van der Waals surface area (Å²) in [6.07, 6.45) is 1.26. The quantitative estimate of drug-likeness (QED) is 0.0632. The number of esters is 1. The highest BCUT2D eigenvalue weighted by Gasteiger charge is 2.54. The second-order valence-corrected chi connectivity index (χ2v) is 16.6. The van der Waals surface area contributed by atoms with Crippen LogP contribution in [-0.2, 0) is 31.4 Å². The van der Waals surface area contributed by atoms with Crippen molar-refractivity contribution in [2.75, 3.05) is 5.75 Å². The first-order valence-corrected chi connectivity index (χ1v) is 20.2. The number of nitrogens with one attached hydrogen (secondary N) is 1. The summed E-state index contributed by atoms with van der Waals surface area (Å²) in [4.78, 5) is 56.2. The van der Waals surface area contributed by atoms with E-state index >= 15 is 0 Å². The standard InChI is InChI=1S/C36H27ClN2O5S5/c37-19-25-30(41)32-26(14-17-46-32)49-36(25)47-16-13-23-20-48-34-28(38-27(40)18-24-12-7-15-45-24)33(42)39(34)29(23)35(43)44-31(21-8-3-1-4-9-21)22-10-5-2-6-11-22/h1-17,28,31,34H,18-20H2,(H,38,40)/t28?,34-/m1/s1. The van der Waals surface area contributed by atoms with Gasteiger partial charge in [0.1, 0.15) is 17.1 Å². The van der Waals surface area contributed by atoms with Crippen molar-refractivity contribution in [1.29, 1.82) is 0 Å². The van der Waals surface area contributed by atoms with E-state index in [9.17, 15) is 19.2 Å². The number of alkyl halides is 1. The van der Waals surface area contributed by atoms with Gasteiger partial charge in [-0.15, -0.1) is 57.4 Å². The number of amides is 2. The second-order valence-electron chi connectivity index (χ2n) is 11.1. The molecular formula is C36H27ClN2O5S5. The molecule has 1 N–H and O–H groups in total. The minimum absolute atomic E-state index is 0.0691. The number of nitrogens with zero attached hydrogens (tertiary/aromatic N) is 1. The third-order valence-electron chi connectivity index (χ3n) is 7.99. The Hall–Kier alpha value is -3.65. The number of rotatable bonds is 11. The summed E-state index contributed by atoms with van der Waals surface area (Å²) in [7, 11) is 0. The smallest absolute Gasteiger partial charge is 0.356 e. The Bertz CT molecular complexity index is 2090. The van der Waals surface area contributed by atoms with E-state index in [1.54, 1.807) is 6.08 Å². The van der Waals surface area contributed by atoms with Crippen molar-refractivity contribution in [3.63, 3.8) is 0 Å². The molecule has 2 aliphatic rings. The summed E-state index contributed by atoms with van der Waals surface area (Å²) in [5, 5.41) is 8.03. The van der Waals surface area contributed by atoms with Crippen molar-refractivity contribution in [1.82, 2.24) is 10.2 Å². The number of hydrogen-bond acceptors (Lipinski definition) is 10. The van der Waals surface area contributed by atoms with E-state index in [4.69, 9.17) is 16.3 Å². The fraction of sp³-hybridized carbons (Fsp3) is 0.167. The van der Waals surface area contributed by atoms with Crippen LogP contribution in [0.25, 0.3) is 9.40 Å². The lowest BCUT2D eigenvalue weighted by molar-refractivity contribution is -0.154. The molecule has 49 heavy (non-hydrogen) atoms. The second kappa shape index (κ2) is 15.1. The number of thioether (sulfide) groups is 2. The maximum absolute atomic E-state index is 14.3. The van der Waals surface area contributed by atoms with Crippen LogP contribution < -0.4 is 10.7 Å². The van der Waals surface area contributed by atoms with Gasteiger partial charge in [-0.05, 0) is 51.1 Å². The molecule has 3 aromatic heterocycles. The molecule has 2 amide bonds. The Morgan fingerprint density at radius 1 is 0.980 bits per heavy atom. The molecule has 0 spiro atoms. The molecular weight excluding hydrogens is 736 g/mol. The van der Waals surface area contributed by atoms with Crippen LogP contribution in [0.5, 0.6) is 0 Å². The largest absolute Gasteiger partial charge is 0.448 e. The Labute approximate surface area is 307 Å². The third-order valence-corrected chi connectivity index (χ3v) is 13.7. The van der Waals surface area contributed by atoms with Crippen LogP contribution in [0.3, 0.4) is 0 Å². The Balaban J connectivity index is 1.20. The van der Waals surface area contributed by atoms with E-state index in [0.29, 0.717) is 21.6 Å². The number of halogens is 1. The van der Waals surface area contributed by atoms with E-state index in [1.165, 1.54) is 62.4 Å². The number of ether oxygens (including phenoxy) is 1. The van der Waals surface area contributed by atoms with Gasteiger partial charge in [-0.2, -0.15) is 0 Å². The number of hydrogen-bond donors (Lipinski definition) is 1. The molecule has 7 rings (SSSR count). The lowest BCUT2D eigenvalue weighted by Crippen LogP contribution is -2.70. The minimum atomic E-state index is -0.764. The lowest BCUT2D eigenvalue weighted by atomic mass is 10.0. The maximum atomic E-state index is 14.3. The molecule has 1 unspecified atom stereocenters. The van der Waals surface area contributed by atoms with Gasteiger partial charge in [-0.3, -0.25) is 19.3 Å². The van der Waals surface area contributed by atoms with Gasteiger partial charge in [-0.1, -0.05) is 78.5 Å². The molecule has 2 atom stereocenters. The number of carbonyl (C=O) groups is 3. The Kier molecular flexibility index (Phi) is 10.4. The lowest BCUT2D eigenvalue weighted by Gasteiger charge is -2.49. The van der Waals surface area contributed by atoms with Crippen molar-refractivity contribution >= 4 is 96.3 Å². The van der Waals surface area contributed by atoms with Crippen molar-refractivity contribution in [2.45, 2.75) is 34.0 Å². The average molecular weight is 763 g/mol.